The Morgan fingerprint density at radius 2 is 1.64 bits per heavy atom. The third-order valence-electron chi connectivity index (χ3n) is 6.11. The van der Waals surface area contributed by atoms with Crippen LogP contribution in [0.25, 0.3) is 0 Å². The maximum absolute atomic E-state index is 13.6. The average molecular weight is 403 g/mol. The predicted octanol–water partition coefficient (Wildman–Crippen LogP) is 3.79. The second-order valence-corrected chi connectivity index (χ2v) is 10.0. The van der Waals surface area contributed by atoms with Crippen molar-refractivity contribution in [2.45, 2.75) is 43.5 Å². The fourth-order valence-electron chi connectivity index (χ4n) is 4.74. The number of halogens is 1. The van der Waals surface area contributed by atoms with Gasteiger partial charge >= 0.3 is 0 Å². The molecule has 2 heterocycles. The first-order chi connectivity index (χ1) is 13.5. The molecule has 0 aliphatic carbocycles. The van der Waals surface area contributed by atoms with E-state index >= 15 is 0 Å². The average Bonchev–Trinajstić information content (AvgIpc) is 3.03. The quantitative estimate of drug-likeness (QED) is 0.764. The van der Waals surface area contributed by atoms with E-state index in [1.165, 1.54) is 6.07 Å². The smallest absolute Gasteiger partial charge is 0.218 e. The minimum atomic E-state index is -3.36. The van der Waals surface area contributed by atoms with Crippen molar-refractivity contribution in [3.8, 4) is 0 Å². The van der Waals surface area contributed by atoms with Crippen molar-refractivity contribution in [3.05, 3.63) is 71.5 Å². The van der Waals surface area contributed by atoms with E-state index in [4.69, 9.17) is 0 Å². The zero-order valence-corrected chi connectivity index (χ0v) is 16.9. The van der Waals surface area contributed by atoms with Crippen molar-refractivity contribution in [1.82, 2.24) is 9.21 Å². The molecule has 1 atom stereocenters. The summed E-state index contributed by atoms with van der Waals surface area (Å²) in [5, 5.41) is 0. The van der Waals surface area contributed by atoms with Gasteiger partial charge in [0.15, 0.2) is 0 Å². The van der Waals surface area contributed by atoms with Gasteiger partial charge in [0.05, 0.1) is 5.75 Å². The minimum Gasteiger partial charge on any atom is -0.292 e. The Bertz CT molecular complexity index is 919. The van der Waals surface area contributed by atoms with E-state index in [0.717, 1.165) is 43.4 Å². The lowest BCUT2D eigenvalue weighted by atomic mass is 9.87. The molecular formula is C22H27FN2O2S. The molecule has 2 aromatic carbocycles. The molecule has 1 unspecified atom stereocenters. The van der Waals surface area contributed by atoms with Crippen molar-refractivity contribution < 1.29 is 12.8 Å². The van der Waals surface area contributed by atoms with Crippen LogP contribution in [0.5, 0.6) is 0 Å². The maximum atomic E-state index is 13.6. The number of hydrogen-bond acceptors (Lipinski definition) is 3. The molecule has 28 heavy (non-hydrogen) atoms. The van der Waals surface area contributed by atoms with Gasteiger partial charge in [-0.3, -0.25) is 4.90 Å². The maximum Gasteiger partial charge on any atom is 0.218 e. The Morgan fingerprint density at radius 3 is 2.39 bits per heavy atom. The third-order valence-corrected chi connectivity index (χ3v) is 7.91. The molecular weight excluding hydrogens is 375 g/mol. The molecule has 2 aliphatic heterocycles. The number of likely N-dealkylation sites (tertiary alicyclic amines) is 1. The highest BCUT2D eigenvalue weighted by molar-refractivity contribution is 7.88. The van der Waals surface area contributed by atoms with Gasteiger partial charge in [-0.05, 0) is 55.5 Å². The first-order valence-electron chi connectivity index (χ1n) is 9.98. The summed E-state index contributed by atoms with van der Waals surface area (Å²) in [4.78, 5) is 2.38. The van der Waals surface area contributed by atoms with Crippen molar-refractivity contribution in [2.75, 3.05) is 19.6 Å². The molecule has 2 fully saturated rings. The standard InChI is InChI=1S/C22H27FN2O2S/c23-21-10-4-9-20(15-21)16-24-13-5-11-22(24)12-6-14-25(18-22)28(26,27)17-19-7-2-1-3-8-19/h1-4,7-10,15H,5-6,11-14,16-18H2. The second-order valence-electron chi connectivity index (χ2n) is 8.06. The van der Waals surface area contributed by atoms with Crippen molar-refractivity contribution >= 4 is 10.0 Å². The summed E-state index contributed by atoms with van der Waals surface area (Å²) in [6.45, 7) is 2.73. The number of piperidine rings is 1. The molecule has 2 aliphatic rings. The van der Waals surface area contributed by atoms with Crippen LogP contribution in [0.3, 0.4) is 0 Å². The molecule has 4 rings (SSSR count). The van der Waals surface area contributed by atoms with Crippen molar-refractivity contribution in [1.29, 1.82) is 0 Å². The van der Waals surface area contributed by atoms with E-state index in [0.29, 0.717) is 19.6 Å². The van der Waals surface area contributed by atoms with Crippen LogP contribution in [0, 0.1) is 5.82 Å². The van der Waals surface area contributed by atoms with E-state index < -0.39 is 10.0 Å². The SMILES string of the molecule is O=S(=O)(Cc1ccccc1)N1CCCC2(CCCN2Cc2cccc(F)c2)C1. The van der Waals surface area contributed by atoms with Gasteiger partial charge < -0.3 is 0 Å². The highest BCUT2D eigenvalue weighted by atomic mass is 32.2. The van der Waals surface area contributed by atoms with Gasteiger partial charge in [-0.25, -0.2) is 12.8 Å². The van der Waals surface area contributed by atoms with Gasteiger partial charge in [0.2, 0.25) is 10.0 Å². The van der Waals surface area contributed by atoms with Gasteiger partial charge in [-0.1, -0.05) is 42.5 Å². The summed E-state index contributed by atoms with van der Waals surface area (Å²) in [7, 11) is -3.36. The van der Waals surface area contributed by atoms with Gasteiger partial charge in [-0.2, -0.15) is 4.31 Å². The van der Waals surface area contributed by atoms with E-state index in [1.807, 2.05) is 36.4 Å². The second kappa shape index (κ2) is 7.93. The number of nitrogens with zero attached hydrogens (tertiary/aromatic N) is 2. The highest BCUT2D eigenvalue weighted by Crippen LogP contribution is 2.39. The van der Waals surface area contributed by atoms with Crippen molar-refractivity contribution in [3.63, 3.8) is 0 Å². The summed E-state index contributed by atoms with van der Waals surface area (Å²) in [6, 6.07) is 16.1. The first kappa shape index (κ1) is 19.6. The van der Waals surface area contributed by atoms with Crippen LogP contribution < -0.4 is 0 Å². The van der Waals surface area contributed by atoms with Crippen LogP contribution in [0.4, 0.5) is 4.39 Å². The Labute approximate surface area is 167 Å². The van der Waals surface area contributed by atoms with E-state index in [1.54, 1.807) is 16.4 Å². The molecule has 0 aromatic heterocycles. The zero-order chi connectivity index (χ0) is 19.6. The summed E-state index contributed by atoms with van der Waals surface area (Å²) in [6.07, 6.45) is 3.93. The Hall–Kier alpha value is -1.76. The van der Waals surface area contributed by atoms with Crippen LogP contribution in [0.1, 0.15) is 36.8 Å². The Kier molecular flexibility index (Phi) is 5.54. The summed E-state index contributed by atoms with van der Waals surface area (Å²) in [5.41, 5.74) is 1.64. The molecule has 6 heteroatoms. The van der Waals surface area contributed by atoms with Crippen LogP contribution in [-0.2, 0) is 22.3 Å². The Balaban J connectivity index is 1.51. The monoisotopic (exact) mass is 402 g/mol. The molecule has 2 saturated heterocycles. The van der Waals surface area contributed by atoms with Gasteiger partial charge in [0.1, 0.15) is 5.82 Å². The summed E-state index contributed by atoms with van der Waals surface area (Å²) < 4.78 is 41.4. The van der Waals surface area contributed by atoms with Crippen LogP contribution >= 0.6 is 0 Å². The lowest BCUT2D eigenvalue weighted by Crippen LogP contribution is -2.56. The number of benzene rings is 2. The Morgan fingerprint density at radius 1 is 0.929 bits per heavy atom. The normalized spacial score (nSPS) is 24.0. The minimum absolute atomic E-state index is 0.0494. The van der Waals surface area contributed by atoms with Gasteiger partial charge in [0, 0.05) is 25.2 Å². The molecule has 0 saturated carbocycles. The van der Waals surface area contributed by atoms with Gasteiger partial charge in [-0.15, -0.1) is 0 Å². The van der Waals surface area contributed by atoms with Crippen LogP contribution in [-0.4, -0.2) is 42.8 Å². The van der Waals surface area contributed by atoms with E-state index in [2.05, 4.69) is 4.90 Å². The fraction of sp³-hybridized carbons (Fsp3) is 0.455. The van der Waals surface area contributed by atoms with Crippen LogP contribution in [0.15, 0.2) is 54.6 Å². The third kappa shape index (κ3) is 4.14. The lowest BCUT2D eigenvalue weighted by Gasteiger charge is -2.45. The van der Waals surface area contributed by atoms with Gasteiger partial charge in [0.25, 0.3) is 0 Å². The predicted molar refractivity (Wildman–Crippen MR) is 109 cm³/mol. The number of sulfonamides is 1. The highest BCUT2D eigenvalue weighted by Gasteiger charge is 2.46. The molecule has 0 radical (unpaired) electrons. The molecule has 0 amide bonds. The van der Waals surface area contributed by atoms with Crippen LogP contribution in [0.2, 0.25) is 0 Å². The molecule has 0 bridgehead atoms. The number of rotatable bonds is 5. The number of hydrogen-bond donors (Lipinski definition) is 0. The van der Waals surface area contributed by atoms with E-state index in [9.17, 15) is 12.8 Å². The van der Waals surface area contributed by atoms with E-state index in [-0.39, 0.29) is 17.1 Å². The van der Waals surface area contributed by atoms with Crippen molar-refractivity contribution in [2.24, 2.45) is 0 Å². The summed E-state index contributed by atoms with van der Waals surface area (Å²) >= 11 is 0. The fourth-order valence-corrected chi connectivity index (χ4v) is 6.38. The summed E-state index contributed by atoms with van der Waals surface area (Å²) in [5.74, 6) is -0.171. The topological polar surface area (TPSA) is 40.6 Å². The lowest BCUT2D eigenvalue weighted by molar-refractivity contribution is 0.0678. The molecule has 2 aromatic rings. The molecule has 150 valence electrons. The molecule has 1 spiro atoms. The molecule has 4 nitrogen and oxygen atoms in total. The zero-order valence-electron chi connectivity index (χ0n) is 16.1. The first-order valence-corrected chi connectivity index (χ1v) is 11.6. The largest absolute Gasteiger partial charge is 0.292 e. The molecule has 0 N–H and O–H groups in total.